The van der Waals surface area contributed by atoms with E-state index in [9.17, 15) is 18.0 Å². The van der Waals surface area contributed by atoms with Crippen LogP contribution in [0.25, 0.3) is 21.2 Å². The van der Waals surface area contributed by atoms with E-state index in [0.717, 1.165) is 38.9 Å². The van der Waals surface area contributed by atoms with Crippen LogP contribution in [-0.4, -0.2) is 34.5 Å². The second-order valence-electron chi connectivity index (χ2n) is 9.81. The molecule has 0 unspecified atom stereocenters. The highest BCUT2D eigenvalue weighted by Crippen LogP contribution is 2.38. The molecule has 0 fully saturated rings. The van der Waals surface area contributed by atoms with Gasteiger partial charge in [-0.15, -0.1) is 11.3 Å². The molecule has 0 bridgehead atoms. The standard InChI is InChI=1S/C30H30F3N5OS/c1-18(2)38(19(3)4)14-6-7-21-16-35-28(34)26-25(17-40-27(21)26)20-10-12-23(13-11-20)36-29(39)37-24-9-5-8-22(15-24)30(31,32)33/h5,8-13,15-19H,14H2,1-4H3,(H2,34,35)(H2,36,37,39). The number of carbonyl (C=O) groups excluding carboxylic acids is 1. The van der Waals surface area contributed by atoms with Crippen molar-refractivity contribution >= 4 is 44.6 Å². The van der Waals surface area contributed by atoms with Gasteiger partial charge in [0.15, 0.2) is 0 Å². The number of nitrogens with two attached hydrogens (primary N) is 1. The summed E-state index contributed by atoms with van der Waals surface area (Å²) in [4.78, 5) is 19.1. The Kier molecular flexibility index (Phi) is 8.67. The molecule has 10 heteroatoms. The van der Waals surface area contributed by atoms with Gasteiger partial charge in [0.05, 0.1) is 22.4 Å². The number of hydrogen-bond acceptors (Lipinski definition) is 5. The van der Waals surface area contributed by atoms with Gasteiger partial charge < -0.3 is 16.4 Å². The zero-order chi connectivity index (χ0) is 29.0. The lowest BCUT2D eigenvalue weighted by molar-refractivity contribution is -0.137. The van der Waals surface area contributed by atoms with Gasteiger partial charge in [0.2, 0.25) is 0 Å². The number of nitrogens with zero attached hydrogens (tertiary/aromatic N) is 2. The maximum absolute atomic E-state index is 12.9. The maximum atomic E-state index is 12.9. The summed E-state index contributed by atoms with van der Waals surface area (Å²) in [5.41, 5.74) is 8.54. The smallest absolute Gasteiger partial charge is 0.383 e. The van der Waals surface area contributed by atoms with Gasteiger partial charge in [-0.3, -0.25) is 4.90 Å². The van der Waals surface area contributed by atoms with Crippen molar-refractivity contribution in [1.82, 2.24) is 9.88 Å². The number of hydrogen-bond donors (Lipinski definition) is 3. The van der Waals surface area contributed by atoms with Crippen molar-refractivity contribution in [3.05, 3.63) is 71.2 Å². The molecule has 0 aliphatic rings. The minimum atomic E-state index is -4.50. The molecule has 0 radical (unpaired) electrons. The van der Waals surface area contributed by atoms with E-state index in [2.05, 4.69) is 60.1 Å². The quantitative estimate of drug-likeness (QED) is 0.210. The van der Waals surface area contributed by atoms with Gasteiger partial charge >= 0.3 is 12.2 Å². The zero-order valence-corrected chi connectivity index (χ0v) is 23.4. The number of benzene rings is 2. The molecule has 2 aromatic heterocycles. The van der Waals surface area contributed by atoms with E-state index in [-0.39, 0.29) is 5.69 Å². The number of anilines is 3. The van der Waals surface area contributed by atoms with Crippen LogP contribution in [-0.2, 0) is 6.18 Å². The van der Waals surface area contributed by atoms with Crippen molar-refractivity contribution in [2.24, 2.45) is 0 Å². The number of carbonyl (C=O) groups is 1. The molecule has 0 aliphatic carbocycles. The average Bonchev–Trinajstić information content (AvgIpc) is 3.34. The van der Waals surface area contributed by atoms with E-state index in [0.29, 0.717) is 30.1 Å². The van der Waals surface area contributed by atoms with Gasteiger partial charge in [-0.05, 0) is 69.0 Å². The summed E-state index contributed by atoms with van der Waals surface area (Å²) in [7, 11) is 0. The molecule has 0 saturated carbocycles. The van der Waals surface area contributed by atoms with Crippen LogP contribution in [0, 0.1) is 11.8 Å². The van der Waals surface area contributed by atoms with Crippen molar-refractivity contribution in [1.29, 1.82) is 0 Å². The first-order valence-electron chi connectivity index (χ1n) is 12.7. The monoisotopic (exact) mass is 565 g/mol. The number of alkyl halides is 3. The first-order chi connectivity index (χ1) is 18.9. The first-order valence-corrected chi connectivity index (χ1v) is 13.6. The Morgan fingerprint density at radius 1 is 1.05 bits per heavy atom. The molecule has 2 heterocycles. The summed E-state index contributed by atoms with van der Waals surface area (Å²) in [6.45, 7) is 9.26. The predicted octanol–water partition coefficient (Wildman–Crippen LogP) is 7.68. The molecule has 0 saturated heterocycles. The normalized spacial score (nSPS) is 11.7. The third-order valence-corrected chi connectivity index (χ3v) is 7.35. The third-order valence-electron chi connectivity index (χ3n) is 6.34. The van der Waals surface area contributed by atoms with Crippen LogP contribution in [0.3, 0.4) is 0 Å². The van der Waals surface area contributed by atoms with Crippen LogP contribution < -0.4 is 16.4 Å². The number of urea groups is 1. The Morgan fingerprint density at radius 3 is 2.38 bits per heavy atom. The van der Waals surface area contributed by atoms with Crippen molar-refractivity contribution in [3.8, 4) is 23.0 Å². The number of rotatable bonds is 6. The molecule has 0 aliphatic heterocycles. The van der Waals surface area contributed by atoms with Gasteiger partial charge in [0, 0.05) is 40.6 Å². The van der Waals surface area contributed by atoms with Gasteiger partial charge in [0.25, 0.3) is 0 Å². The number of fused-ring (bicyclic) bond motifs is 1. The van der Waals surface area contributed by atoms with Gasteiger partial charge in [0.1, 0.15) is 5.82 Å². The summed E-state index contributed by atoms with van der Waals surface area (Å²) < 4.78 is 39.8. The lowest BCUT2D eigenvalue weighted by atomic mass is 10.0. The van der Waals surface area contributed by atoms with Crippen LogP contribution in [0.1, 0.15) is 38.8 Å². The van der Waals surface area contributed by atoms with Crippen LogP contribution in [0.4, 0.5) is 35.2 Å². The molecule has 4 rings (SSSR count). The van der Waals surface area contributed by atoms with Crippen LogP contribution in [0.5, 0.6) is 0 Å². The Hall–Kier alpha value is -4.07. The molecule has 6 nitrogen and oxygen atoms in total. The van der Waals surface area contributed by atoms with E-state index in [4.69, 9.17) is 5.73 Å². The van der Waals surface area contributed by atoms with Gasteiger partial charge in [-0.2, -0.15) is 13.2 Å². The molecule has 40 heavy (non-hydrogen) atoms. The van der Waals surface area contributed by atoms with Crippen molar-refractivity contribution < 1.29 is 18.0 Å². The number of amides is 2. The van der Waals surface area contributed by atoms with E-state index >= 15 is 0 Å². The Bertz CT molecular complexity index is 1560. The topological polar surface area (TPSA) is 83.3 Å². The lowest BCUT2D eigenvalue weighted by Gasteiger charge is -2.28. The van der Waals surface area contributed by atoms with Crippen molar-refractivity contribution in [2.75, 3.05) is 22.9 Å². The Labute approximate surface area is 235 Å². The summed E-state index contributed by atoms with van der Waals surface area (Å²) in [5, 5.41) is 7.90. The zero-order valence-electron chi connectivity index (χ0n) is 22.6. The molecule has 2 aromatic carbocycles. The molecule has 208 valence electrons. The number of pyridine rings is 1. The first kappa shape index (κ1) is 28.9. The highest BCUT2D eigenvalue weighted by molar-refractivity contribution is 7.18. The fraction of sp³-hybridized carbons (Fsp3) is 0.267. The van der Waals surface area contributed by atoms with E-state index in [1.807, 2.05) is 17.5 Å². The van der Waals surface area contributed by atoms with Gasteiger partial charge in [-0.25, -0.2) is 9.78 Å². The van der Waals surface area contributed by atoms with Crippen molar-refractivity contribution in [3.63, 3.8) is 0 Å². The summed E-state index contributed by atoms with van der Waals surface area (Å²) >= 11 is 1.54. The number of aromatic nitrogens is 1. The highest BCUT2D eigenvalue weighted by atomic mass is 32.1. The second-order valence-corrected chi connectivity index (χ2v) is 10.7. The number of halogens is 3. The molecule has 0 atom stereocenters. The van der Waals surface area contributed by atoms with Crippen LogP contribution in [0.2, 0.25) is 0 Å². The summed E-state index contributed by atoms with van der Waals surface area (Å²) in [6.07, 6.45) is -2.79. The van der Waals surface area contributed by atoms with Gasteiger partial charge in [-0.1, -0.05) is 30.0 Å². The summed E-state index contributed by atoms with van der Waals surface area (Å²) in [6, 6.07) is 11.7. The highest BCUT2D eigenvalue weighted by Gasteiger charge is 2.30. The molecular formula is C30H30F3N5OS. The van der Waals surface area contributed by atoms with E-state index in [1.54, 1.807) is 29.7 Å². The minimum absolute atomic E-state index is 0.0386. The fourth-order valence-corrected chi connectivity index (χ4v) is 5.41. The molecular weight excluding hydrogens is 535 g/mol. The second kappa shape index (κ2) is 12.0. The molecule has 0 spiro atoms. The lowest BCUT2D eigenvalue weighted by Crippen LogP contribution is -2.37. The number of nitrogen functional groups attached to an aromatic ring is 1. The maximum Gasteiger partial charge on any atom is 0.416 e. The number of nitrogens with one attached hydrogen (secondary N) is 2. The molecule has 2 amide bonds. The Balaban J connectivity index is 1.50. The molecule has 4 N–H and O–H groups in total. The number of thiophene rings is 1. The van der Waals surface area contributed by atoms with E-state index in [1.165, 1.54) is 12.1 Å². The minimum Gasteiger partial charge on any atom is -0.383 e. The molecule has 4 aromatic rings. The summed E-state index contributed by atoms with van der Waals surface area (Å²) in [5.74, 6) is 6.95. The predicted molar refractivity (Wildman–Crippen MR) is 157 cm³/mol. The fourth-order valence-electron chi connectivity index (χ4n) is 4.36. The Morgan fingerprint density at radius 2 is 1.73 bits per heavy atom. The SMILES string of the molecule is CC(C)N(CC#Cc1cnc(N)c2c(-c3ccc(NC(=O)Nc4cccc(C(F)(F)F)c4)cc3)csc12)C(C)C. The third kappa shape index (κ3) is 6.73. The van der Waals surface area contributed by atoms with Crippen molar-refractivity contribution in [2.45, 2.75) is 46.0 Å². The van der Waals surface area contributed by atoms with E-state index < -0.39 is 17.8 Å². The van der Waals surface area contributed by atoms with Crippen LogP contribution >= 0.6 is 11.3 Å². The average molecular weight is 566 g/mol. The van der Waals surface area contributed by atoms with Crippen LogP contribution in [0.15, 0.2) is 60.1 Å². The largest absolute Gasteiger partial charge is 0.416 e.